The molecule has 0 aliphatic carbocycles. The van der Waals surface area contributed by atoms with Gasteiger partial charge in [0.05, 0.1) is 0 Å². The van der Waals surface area contributed by atoms with E-state index < -0.39 is 5.41 Å². The average molecular weight is 231 g/mol. The molecular weight excluding hydrogens is 212 g/mol. The van der Waals surface area contributed by atoms with E-state index in [1.807, 2.05) is 31.3 Å². The normalized spacial score (nSPS) is 22.6. The molecule has 1 atom stereocenters. The molecule has 0 saturated carbocycles. The fourth-order valence-corrected chi connectivity index (χ4v) is 2.47. The number of nitrogens with zero attached hydrogens (tertiary/aromatic N) is 2. The summed E-state index contributed by atoms with van der Waals surface area (Å²) in [6, 6.07) is 5.77. The Labute approximate surface area is 102 Å². The van der Waals surface area contributed by atoms with Gasteiger partial charge in [-0.2, -0.15) is 4.57 Å². The summed E-state index contributed by atoms with van der Waals surface area (Å²) in [5.41, 5.74) is 0.553. The van der Waals surface area contributed by atoms with Gasteiger partial charge in [0, 0.05) is 6.07 Å². The molecule has 0 fully saturated rings. The molecule has 0 spiro atoms. The zero-order valence-electron chi connectivity index (χ0n) is 10.7. The number of carbonyl (C=O) groups excluding carboxylic acids is 1. The Hall–Kier alpha value is -1.51. The van der Waals surface area contributed by atoms with Crippen LogP contribution in [0.5, 0.6) is 0 Å². The van der Waals surface area contributed by atoms with Gasteiger partial charge < -0.3 is 0 Å². The second kappa shape index (κ2) is 4.40. The van der Waals surface area contributed by atoms with Crippen LogP contribution in [0.4, 0.5) is 5.82 Å². The smallest absolute Gasteiger partial charge is 0.245 e. The maximum Gasteiger partial charge on any atom is 0.330 e. The number of carbonyl (C=O) groups is 1. The Morgan fingerprint density at radius 2 is 2.12 bits per heavy atom. The molecule has 17 heavy (non-hydrogen) atoms. The summed E-state index contributed by atoms with van der Waals surface area (Å²) in [4.78, 5) is 17.1. The van der Waals surface area contributed by atoms with Crippen LogP contribution in [-0.4, -0.2) is 12.1 Å². The molecule has 3 heteroatoms. The SMILES string of the molecule is CCCC1(CC)C=Nc2cccc(C)[n+]2C1=O. The second-order valence-electron chi connectivity index (χ2n) is 4.68. The van der Waals surface area contributed by atoms with Gasteiger partial charge in [0.1, 0.15) is 17.3 Å². The van der Waals surface area contributed by atoms with Crippen molar-refractivity contribution in [2.75, 3.05) is 0 Å². The molecule has 1 aliphatic heterocycles. The van der Waals surface area contributed by atoms with Crippen molar-refractivity contribution in [2.24, 2.45) is 10.4 Å². The molecule has 2 heterocycles. The summed E-state index contributed by atoms with van der Waals surface area (Å²) in [7, 11) is 0. The monoisotopic (exact) mass is 231 g/mol. The van der Waals surface area contributed by atoms with Gasteiger partial charge in [0.2, 0.25) is 0 Å². The molecule has 0 N–H and O–H groups in total. The maximum absolute atomic E-state index is 12.7. The van der Waals surface area contributed by atoms with Gasteiger partial charge >= 0.3 is 11.7 Å². The lowest BCUT2D eigenvalue weighted by Gasteiger charge is -2.25. The standard InChI is InChI=1S/C14H19N2O/c1-4-9-14(5-2)10-15-12-8-6-7-11(3)16(12)13(14)17/h6-8,10H,4-5,9H2,1-3H3/q+1. The summed E-state index contributed by atoms with van der Waals surface area (Å²) >= 11 is 0. The average Bonchev–Trinajstić information content (AvgIpc) is 2.33. The highest BCUT2D eigenvalue weighted by Crippen LogP contribution is 2.30. The Morgan fingerprint density at radius 3 is 2.76 bits per heavy atom. The predicted molar refractivity (Wildman–Crippen MR) is 67.8 cm³/mol. The summed E-state index contributed by atoms with van der Waals surface area (Å²) in [5.74, 6) is 0.917. The first-order chi connectivity index (χ1) is 8.14. The molecule has 0 bridgehead atoms. The van der Waals surface area contributed by atoms with E-state index in [1.54, 1.807) is 4.57 Å². The van der Waals surface area contributed by atoms with Crippen molar-refractivity contribution >= 4 is 17.9 Å². The van der Waals surface area contributed by atoms with Crippen molar-refractivity contribution in [3.8, 4) is 0 Å². The number of aryl methyl sites for hydroxylation is 1. The van der Waals surface area contributed by atoms with E-state index >= 15 is 0 Å². The van der Waals surface area contributed by atoms with Crippen LogP contribution in [-0.2, 0) is 0 Å². The fourth-order valence-electron chi connectivity index (χ4n) is 2.47. The molecule has 90 valence electrons. The third kappa shape index (κ3) is 1.79. The molecule has 0 saturated heterocycles. The topological polar surface area (TPSA) is 33.3 Å². The Kier molecular flexibility index (Phi) is 3.09. The van der Waals surface area contributed by atoms with Gasteiger partial charge in [-0.25, -0.2) is 4.79 Å². The zero-order chi connectivity index (χ0) is 12.5. The van der Waals surface area contributed by atoms with E-state index in [0.717, 1.165) is 30.8 Å². The lowest BCUT2D eigenvalue weighted by Crippen LogP contribution is -2.57. The molecule has 3 nitrogen and oxygen atoms in total. The first-order valence-electron chi connectivity index (χ1n) is 6.26. The van der Waals surface area contributed by atoms with Crippen LogP contribution >= 0.6 is 0 Å². The number of hydrogen-bond acceptors (Lipinski definition) is 2. The van der Waals surface area contributed by atoms with E-state index in [4.69, 9.17) is 0 Å². The van der Waals surface area contributed by atoms with Crippen molar-refractivity contribution in [2.45, 2.75) is 40.0 Å². The zero-order valence-corrected chi connectivity index (χ0v) is 10.7. The lowest BCUT2D eigenvalue weighted by atomic mass is 9.80. The van der Waals surface area contributed by atoms with Crippen LogP contribution in [0.3, 0.4) is 0 Å². The highest BCUT2D eigenvalue weighted by molar-refractivity contribution is 5.96. The van der Waals surface area contributed by atoms with Crippen LogP contribution in [0, 0.1) is 12.3 Å². The van der Waals surface area contributed by atoms with Gasteiger partial charge in [-0.05, 0) is 25.8 Å². The summed E-state index contributed by atoms with van der Waals surface area (Å²) in [5, 5.41) is 0. The quantitative estimate of drug-likeness (QED) is 0.736. The molecule has 1 aromatic rings. The third-order valence-electron chi connectivity index (χ3n) is 3.56. The molecule has 1 aliphatic rings. The van der Waals surface area contributed by atoms with E-state index in [2.05, 4.69) is 18.8 Å². The van der Waals surface area contributed by atoms with Crippen LogP contribution < -0.4 is 4.57 Å². The first kappa shape index (κ1) is 12.0. The highest BCUT2D eigenvalue weighted by atomic mass is 16.2. The van der Waals surface area contributed by atoms with Crippen molar-refractivity contribution in [3.63, 3.8) is 0 Å². The van der Waals surface area contributed by atoms with Gasteiger partial charge in [-0.3, -0.25) is 0 Å². The summed E-state index contributed by atoms with van der Waals surface area (Å²) in [6.45, 7) is 6.12. The van der Waals surface area contributed by atoms with Gasteiger partial charge in [0.15, 0.2) is 0 Å². The minimum absolute atomic E-state index is 0.171. The van der Waals surface area contributed by atoms with Crippen LogP contribution in [0.1, 0.15) is 43.6 Å². The van der Waals surface area contributed by atoms with Crippen LogP contribution in [0.15, 0.2) is 23.2 Å². The Bertz CT molecular complexity index is 479. The number of hydrogen-bond donors (Lipinski definition) is 0. The second-order valence-corrected chi connectivity index (χ2v) is 4.68. The number of aliphatic imine (C=N–C) groups is 1. The van der Waals surface area contributed by atoms with E-state index in [9.17, 15) is 4.79 Å². The largest absolute Gasteiger partial charge is 0.330 e. The van der Waals surface area contributed by atoms with Crippen molar-refractivity contribution < 1.29 is 9.36 Å². The van der Waals surface area contributed by atoms with E-state index in [1.165, 1.54) is 0 Å². The minimum atomic E-state index is -0.404. The van der Waals surface area contributed by atoms with Gasteiger partial charge in [-0.15, -0.1) is 0 Å². The van der Waals surface area contributed by atoms with Crippen LogP contribution in [0.25, 0.3) is 0 Å². The molecule has 0 radical (unpaired) electrons. The van der Waals surface area contributed by atoms with Gasteiger partial charge in [-0.1, -0.05) is 31.3 Å². The van der Waals surface area contributed by atoms with E-state index in [-0.39, 0.29) is 5.91 Å². The molecule has 1 aromatic heterocycles. The Morgan fingerprint density at radius 1 is 1.35 bits per heavy atom. The Balaban J connectivity index is 2.55. The van der Waals surface area contributed by atoms with Crippen molar-refractivity contribution in [3.05, 3.63) is 23.9 Å². The van der Waals surface area contributed by atoms with Crippen LogP contribution in [0.2, 0.25) is 0 Å². The first-order valence-corrected chi connectivity index (χ1v) is 6.26. The van der Waals surface area contributed by atoms with Gasteiger partial charge in [0.25, 0.3) is 0 Å². The minimum Gasteiger partial charge on any atom is -0.245 e. The number of pyridine rings is 1. The van der Waals surface area contributed by atoms with Crippen molar-refractivity contribution in [1.82, 2.24) is 0 Å². The number of aromatic nitrogens is 1. The molecule has 0 aromatic carbocycles. The molecule has 0 amide bonds. The number of fused-ring (bicyclic) bond motifs is 1. The maximum atomic E-state index is 12.7. The number of rotatable bonds is 3. The summed E-state index contributed by atoms with van der Waals surface area (Å²) in [6.07, 6.45) is 4.53. The molecular formula is C14H19N2O+. The van der Waals surface area contributed by atoms with Crippen molar-refractivity contribution in [1.29, 1.82) is 0 Å². The predicted octanol–water partition coefficient (Wildman–Crippen LogP) is 2.84. The fraction of sp³-hybridized carbons (Fsp3) is 0.500. The third-order valence-corrected chi connectivity index (χ3v) is 3.56. The lowest BCUT2D eigenvalue weighted by molar-refractivity contribution is -0.573. The summed E-state index contributed by atoms with van der Waals surface area (Å²) < 4.78 is 1.75. The molecule has 1 unspecified atom stereocenters. The van der Waals surface area contributed by atoms with E-state index in [0.29, 0.717) is 0 Å². The molecule has 2 rings (SSSR count). The highest BCUT2D eigenvalue weighted by Gasteiger charge is 2.45.